The number of fused-ring (bicyclic) bond motifs is 13. The molecule has 0 saturated carbocycles. The highest BCUT2D eigenvalue weighted by atomic mass is 14.1. The minimum absolute atomic E-state index is 1.17. The lowest BCUT2D eigenvalue weighted by Gasteiger charge is -2.09. The third-order valence-corrected chi connectivity index (χ3v) is 4.31. The predicted octanol–water partition coefficient (Wildman–Crippen LogP) is 6.16. The lowest BCUT2D eigenvalue weighted by atomic mass is 9.97. The molecule has 0 amide bonds. The Morgan fingerprint density at radius 1 is 0.579 bits per heavy atom. The number of aryl methyl sites for hydroxylation is 1. The molecule has 0 radical (unpaired) electrons. The number of hydrogen-bond donors (Lipinski definition) is 0. The first kappa shape index (κ1) is 14.4. The van der Waals surface area contributed by atoms with Crippen LogP contribution in [0, 0.1) is 0 Å². The molecular formula is C19H28. The third kappa shape index (κ3) is 5.22. The van der Waals surface area contributed by atoms with Crippen molar-refractivity contribution >= 4 is 5.57 Å². The zero-order valence-corrected chi connectivity index (χ0v) is 12.3. The minimum Gasteiger partial charge on any atom is -0.0952 e. The van der Waals surface area contributed by atoms with Gasteiger partial charge in [0.2, 0.25) is 0 Å². The second kappa shape index (κ2) is 8.19. The number of rotatable bonds is 0. The third-order valence-electron chi connectivity index (χ3n) is 4.31. The smallest absolute Gasteiger partial charge is 0.0230 e. The lowest BCUT2D eigenvalue weighted by Crippen LogP contribution is -1.90. The molecule has 0 N–H and O–H groups in total. The van der Waals surface area contributed by atoms with Crippen LogP contribution in [-0.4, -0.2) is 0 Å². The molecule has 0 unspecified atom stereocenters. The van der Waals surface area contributed by atoms with E-state index in [4.69, 9.17) is 0 Å². The zero-order valence-electron chi connectivity index (χ0n) is 12.3. The molecule has 2 aliphatic rings. The molecule has 2 aliphatic carbocycles. The van der Waals surface area contributed by atoms with Crippen molar-refractivity contribution in [3.63, 3.8) is 0 Å². The van der Waals surface area contributed by atoms with Crippen LogP contribution in [0.25, 0.3) is 5.57 Å². The van der Waals surface area contributed by atoms with Gasteiger partial charge in [-0.25, -0.2) is 0 Å². The van der Waals surface area contributed by atoms with Gasteiger partial charge in [0.15, 0.2) is 0 Å². The van der Waals surface area contributed by atoms with E-state index in [-0.39, 0.29) is 0 Å². The van der Waals surface area contributed by atoms with Crippen molar-refractivity contribution in [2.45, 2.75) is 70.6 Å². The van der Waals surface area contributed by atoms with Gasteiger partial charge < -0.3 is 0 Å². The molecule has 0 fully saturated rings. The highest BCUT2D eigenvalue weighted by Gasteiger charge is 2.01. The summed E-state index contributed by atoms with van der Waals surface area (Å²) < 4.78 is 0. The van der Waals surface area contributed by atoms with Crippen LogP contribution in [0.2, 0.25) is 0 Å². The van der Waals surface area contributed by atoms with Gasteiger partial charge in [0.05, 0.1) is 0 Å². The van der Waals surface area contributed by atoms with E-state index in [1.54, 1.807) is 0 Å². The van der Waals surface area contributed by atoms with E-state index < -0.39 is 0 Å². The van der Waals surface area contributed by atoms with Gasteiger partial charge in [-0.2, -0.15) is 0 Å². The van der Waals surface area contributed by atoms with Gasteiger partial charge in [-0.15, -0.1) is 0 Å². The summed E-state index contributed by atoms with van der Waals surface area (Å²) in [6.07, 6.45) is 15.0. The maximum atomic E-state index is 4.25. The molecule has 3 rings (SSSR count). The van der Waals surface area contributed by atoms with E-state index in [0.29, 0.717) is 0 Å². The van der Waals surface area contributed by atoms with E-state index in [1.807, 2.05) is 0 Å². The Hall–Kier alpha value is -1.04. The maximum absolute atomic E-state index is 4.25. The highest BCUT2D eigenvalue weighted by Crippen LogP contribution is 2.21. The van der Waals surface area contributed by atoms with Gasteiger partial charge >= 0.3 is 0 Å². The Balaban J connectivity index is 1.94. The predicted molar refractivity (Wildman–Crippen MR) is 85.4 cm³/mol. The van der Waals surface area contributed by atoms with Gasteiger partial charge in [-0.3, -0.25) is 0 Å². The fourth-order valence-corrected chi connectivity index (χ4v) is 2.96. The second-order valence-electron chi connectivity index (χ2n) is 5.98. The van der Waals surface area contributed by atoms with Gasteiger partial charge in [0.1, 0.15) is 0 Å². The van der Waals surface area contributed by atoms with Gasteiger partial charge in [-0.05, 0) is 42.4 Å². The van der Waals surface area contributed by atoms with Crippen LogP contribution in [-0.2, 0) is 6.42 Å². The largest absolute Gasteiger partial charge is 0.0952 e. The van der Waals surface area contributed by atoms with E-state index in [0.717, 1.165) is 0 Å². The average Bonchev–Trinajstić information content (AvgIpc) is 2.44. The summed E-state index contributed by atoms with van der Waals surface area (Å²) in [6, 6.07) is 9.13. The topological polar surface area (TPSA) is 0 Å². The summed E-state index contributed by atoms with van der Waals surface area (Å²) in [4.78, 5) is 0. The standard InChI is InChI=1S/C19H28/c1-17-11-9-7-5-3-2-4-6-8-10-12-18-13-15-19(17)16-14-18/h13-16H,1-12H2. The van der Waals surface area contributed by atoms with Crippen LogP contribution in [0.1, 0.15) is 75.3 Å². The summed E-state index contributed by atoms with van der Waals surface area (Å²) >= 11 is 0. The van der Waals surface area contributed by atoms with Crippen LogP contribution >= 0.6 is 0 Å². The second-order valence-corrected chi connectivity index (χ2v) is 5.98. The SMILES string of the molecule is C=C1CCCCCCCCCCCc2ccc1cc2. The van der Waals surface area contributed by atoms with Crippen LogP contribution < -0.4 is 0 Å². The summed E-state index contributed by atoms with van der Waals surface area (Å²) in [5.74, 6) is 0. The average molecular weight is 256 g/mol. The molecule has 0 aromatic heterocycles. The van der Waals surface area contributed by atoms with Crippen molar-refractivity contribution in [1.29, 1.82) is 0 Å². The first-order chi connectivity index (χ1) is 9.36. The summed E-state index contributed by atoms with van der Waals surface area (Å²) in [5.41, 5.74) is 4.15. The molecule has 0 heterocycles. The van der Waals surface area contributed by atoms with Crippen LogP contribution in [0.5, 0.6) is 0 Å². The Morgan fingerprint density at radius 2 is 1.05 bits per heavy atom. The highest BCUT2D eigenvalue weighted by molar-refractivity contribution is 5.63. The lowest BCUT2D eigenvalue weighted by molar-refractivity contribution is 0.560. The fourth-order valence-electron chi connectivity index (χ4n) is 2.96. The first-order valence-electron chi connectivity index (χ1n) is 8.13. The molecule has 0 saturated heterocycles. The normalized spacial score (nSPS) is 19.5. The molecule has 1 aromatic rings. The molecule has 0 heteroatoms. The number of benzene rings is 1. The van der Waals surface area contributed by atoms with Crippen molar-refractivity contribution in [3.05, 3.63) is 42.0 Å². The molecule has 104 valence electrons. The van der Waals surface area contributed by atoms with Crippen molar-refractivity contribution in [3.8, 4) is 0 Å². The number of allylic oxidation sites excluding steroid dienone is 1. The molecule has 0 spiro atoms. The monoisotopic (exact) mass is 256 g/mol. The molecule has 0 nitrogen and oxygen atoms in total. The van der Waals surface area contributed by atoms with Crippen molar-refractivity contribution in [2.24, 2.45) is 0 Å². The van der Waals surface area contributed by atoms with Gasteiger partial charge in [0, 0.05) is 0 Å². The Labute approximate surface area is 118 Å². The molecular weight excluding hydrogens is 228 g/mol. The van der Waals surface area contributed by atoms with Crippen LogP contribution in [0.4, 0.5) is 0 Å². The molecule has 0 aliphatic heterocycles. The quantitative estimate of drug-likeness (QED) is 0.521. The Kier molecular flexibility index (Phi) is 6.20. The zero-order chi connectivity index (χ0) is 13.3. The van der Waals surface area contributed by atoms with Crippen LogP contribution in [0.15, 0.2) is 30.8 Å². The maximum Gasteiger partial charge on any atom is -0.0230 e. The number of hydrogen-bond acceptors (Lipinski definition) is 0. The van der Waals surface area contributed by atoms with Crippen LogP contribution in [0.3, 0.4) is 0 Å². The van der Waals surface area contributed by atoms with Crippen molar-refractivity contribution < 1.29 is 0 Å². The Bertz CT molecular complexity index is 372. The molecule has 0 atom stereocenters. The van der Waals surface area contributed by atoms with E-state index >= 15 is 0 Å². The minimum atomic E-state index is 1.17. The molecule has 2 bridgehead atoms. The van der Waals surface area contributed by atoms with E-state index in [9.17, 15) is 0 Å². The first-order valence-corrected chi connectivity index (χ1v) is 8.13. The van der Waals surface area contributed by atoms with Crippen molar-refractivity contribution in [2.75, 3.05) is 0 Å². The van der Waals surface area contributed by atoms with E-state index in [2.05, 4.69) is 30.8 Å². The summed E-state index contributed by atoms with van der Waals surface area (Å²) in [5, 5.41) is 0. The van der Waals surface area contributed by atoms with Crippen molar-refractivity contribution in [1.82, 2.24) is 0 Å². The fraction of sp³-hybridized carbons (Fsp3) is 0.579. The van der Waals surface area contributed by atoms with Gasteiger partial charge in [-0.1, -0.05) is 75.8 Å². The molecule has 19 heavy (non-hydrogen) atoms. The molecule has 1 aromatic carbocycles. The Morgan fingerprint density at radius 3 is 1.63 bits per heavy atom. The summed E-state index contributed by atoms with van der Waals surface area (Å²) in [6.45, 7) is 4.25. The summed E-state index contributed by atoms with van der Waals surface area (Å²) in [7, 11) is 0. The van der Waals surface area contributed by atoms with E-state index in [1.165, 1.54) is 87.3 Å². The van der Waals surface area contributed by atoms with Gasteiger partial charge in [0.25, 0.3) is 0 Å².